The minimum atomic E-state index is 0. The zero-order valence-corrected chi connectivity index (χ0v) is 17.3. The maximum atomic E-state index is 9.19. The molecular weight excluding hydrogens is 413 g/mol. The number of nitrogens with one attached hydrogen (secondary N) is 1. The van der Waals surface area contributed by atoms with E-state index in [1.54, 1.807) is 0 Å². The number of nitrogens with zero attached hydrogens (tertiary/aromatic N) is 1. The molecule has 0 spiro atoms. The van der Waals surface area contributed by atoms with Crippen molar-refractivity contribution in [2.45, 2.75) is 52.4 Å². The molecule has 1 aliphatic rings. The van der Waals surface area contributed by atoms with E-state index < -0.39 is 0 Å². The molecule has 0 amide bonds. The van der Waals surface area contributed by atoms with Gasteiger partial charge in [0.1, 0.15) is 0 Å². The van der Waals surface area contributed by atoms with Crippen LogP contribution in [0.3, 0.4) is 0 Å². The van der Waals surface area contributed by atoms with Gasteiger partial charge in [-0.25, -0.2) is 0 Å². The van der Waals surface area contributed by atoms with E-state index in [-0.39, 0.29) is 30.6 Å². The lowest BCUT2D eigenvalue weighted by Crippen LogP contribution is -2.25. The summed E-state index contributed by atoms with van der Waals surface area (Å²) in [4.78, 5) is 4.51. The van der Waals surface area contributed by atoms with E-state index >= 15 is 0 Å². The fourth-order valence-electron chi connectivity index (χ4n) is 3.44. The molecule has 0 aromatic heterocycles. The Balaban J connectivity index is 0.00000288. The van der Waals surface area contributed by atoms with Crippen molar-refractivity contribution in [1.82, 2.24) is 0 Å². The molecule has 1 aliphatic carbocycles. The molecule has 4 N–H and O–H groups in total. The molecule has 1 unspecified atom stereocenters. The lowest BCUT2D eigenvalue weighted by Gasteiger charge is -2.20. The van der Waals surface area contributed by atoms with Crippen LogP contribution < -0.4 is 11.1 Å². The van der Waals surface area contributed by atoms with Crippen LogP contribution in [0.4, 0.5) is 5.69 Å². The lowest BCUT2D eigenvalue weighted by atomic mass is 9.90. The normalized spacial score (nSPS) is 15.6. The van der Waals surface area contributed by atoms with Gasteiger partial charge in [-0.05, 0) is 67.6 Å². The summed E-state index contributed by atoms with van der Waals surface area (Å²) >= 11 is 0. The van der Waals surface area contributed by atoms with E-state index in [1.165, 1.54) is 24.0 Å². The van der Waals surface area contributed by atoms with Crippen molar-refractivity contribution < 1.29 is 5.11 Å². The van der Waals surface area contributed by atoms with Gasteiger partial charge in [0.05, 0.1) is 0 Å². The zero-order chi connectivity index (χ0) is 16.7. The number of benzene rings is 1. The predicted octanol–water partition coefficient (Wildman–Crippen LogP) is 3.95. The van der Waals surface area contributed by atoms with Crippen molar-refractivity contribution in [3.63, 3.8) is 0 Å². The number of hydrogen-bond acceptors (Lipinski definition) is 2. The number of rotatable bonds is 7. The molecule has 0 heterocycles. The van der Waals surface area contributed by atoms with Crippen LogP contribution in [0, 0.1) is 11.8 Å². The molecule has 0 aliphatic heterocycles. The molecule has 2 rings (SSSR count). The van der Waals surface area contributed by atoms with Crippen LogP contribution >= 0.6 is 24.0 Å². The van der Waals surface area contributed by atoms with E-state index in [0.29, 0.717) is 24.3 Å². The number of aliphatic hydroxyl groups is 1. The summed E-state index contributed by atoms with van der Waals surface area (Å²) in [6.45, 7) is 5.29. The first kappa shape index (κ1) is 21.2. The van der Waals surface area contributed by atoms with Crippen molar-refractivity contribution in [3.05, 3.63) is 29.3 Å². The number of nitrogens with two attached hydrogens (primary N) is 1. The maximum Gasteiger partial charge on any atom is 0.193 e. The Labute approximate surface area is 163 Å². The van der Waals surface area contributed by atoms with Crippen molar-refractivity contribution in [3.8, 4) is 0 Å². The van der Waals surface area contributed by atoms with Crippen molar-refractivity contribution in [1.29, 1.82) is 0 Å². The second-order valence-corrected chi connectivity index (χ2v) is 7.01. The number of aryl methyl sites for hydroxylation is 1. The zero-order valence-electron chi connectivity index (χ0n) is 14.9. The average Bonchev–Trinajstić information content (AvgIpc) is 2.53. The highest BCUT2D eigenvalue weighted by molar-refractivity contribution is 14.0. The van der Waals surface area contributed by atoms with Gasteiger partial charge in [0.15, 0.2) is 5.96 Å². The number of guanidine groups is 1. The van der Waals surface area contributed by atoms with Crippen LogP contribution in [0.5, 0.6) is 0 Å². The largest absolute Gasteiger partial charge is 0.396 e. The number of hydrogen-bond donors (Lipinski definition) is 3. The first-order valence-corrected chi connectivity index (χ1v) is 8.88. The molecule has 24 heavy (non-hydrogen) atoms. The highest BCUT2D eigenvalue weighted by atomic mass is 127. The molecule has 5 heteroatoms. The summed E-state index contributed by atoms with van der Waals surface area (Å²) in [6.07, 6.45) is 6.66. The fraction of sp³-hybridized carbons (Fsp3) is 0.632. The molecule has 1 atom stereocenters. The molecule has 136 valence electrons. The molecule has 0 saturated heterocycles. The van der Waals surface area contributed by atoms with Crippen LogP contribution in [0.2, 0.25) is 0 Å². The Kier molecular flexibility index (Phi) is 9.66. The molecule has 0 radical (unpaired) electrons. The molecule has 0 bridgehead atoms. The number of aliphatic hydroxyl groups excluding tert-OH is 1. The van der Waals surface area contributed by atoms with Gasteiger partial charge in [0.2, 0.25) is 0 Å². The van der Waals surface area contributed by atoms with Gasteiger partial charge in [0, 0.05) is 18.8 Å². The van der Waals surface area contributed by atoms with E-state index in [1.807, 2.05) is 0 Å². The first-order valence-electron chi connectivity index (χ1n) is 8.88. The van der Waals surface area contributed by atoms with Gasteiger partial charge in [-0.1, -0.05) is 26.0 Å². The molecule has 1 aromatic rings. The summed E-state index contributed by atoms with van der Waals surface area (Å²) in [5.74, 6) is 1.48. The van der Waals surface area contributed by atoms with Gasteiger partial charge >= 0.3 is 0 Å². The Morgan fingerprint density at radius 3 is 2.75 bits per heavy atom. The summed E-state index contributed by atoms with van der Waals surface area (Å²) in [5, 5.41) is 12.5. The summed E-state index contributed by atoms with van der Waals surface area (Å²) in [5.41, 5.74) is 10.0. The number of anilines is 1. The summed E-state index contributed by atoms with van der Waals surface area (Å²) in [6, 6.07) is 6.39. The van der Waals surface area contributed by atoms with Crippen LogP contribution in [0.25, 0.3) is 0 Å². The van der Waals surface area contributed by atoms with Gasteiger partial charge in [-0.3, -0.25) is 4.99 Å². The maximum absolute atomic E-state index is 9.19. The van der Waals surface area contributed by atoms with Gasteiger partial charge in [-0.2, -0.15) is 0 Å². The van der Waals surface area contributed by atoms with Crippen molar-refractivity contribution >= 4 is 35.6 Å². The summed E-state index contributed by atoms with van der Waals surface area (Å²) < 4.78 is 0. The third kappa shape index (κ3) is 6.59. The standard InChI is InChI=1S/C19H31N3O.HI/c1-14(2)12-15(10-11-23)13-21-19(20)22-18-9-5-7-16-6-3-4-8-17(16)18;/h5,7,9,14-15,23H,3-4,6,8,10-13H2,1-2H3,(H3,20,21,22);1H. The Hall–Kier alpha value is -0.820. The molecule has 4 nitrogen and oxygen atoms in total. The quantitative estimate of drug-likeness (QED) is 0.338. The Morgan fingerprint density at radius 1 is 1.29 bits per heavy atom. The predicted molar refractivity (Wildman–Crippen MR) is 113 cm³/mol. The average molecular weight is 445 g/mol. The molecule has 1 aromatic carbocycles. The van der Waals surface area contributed by atoms with Crippen LogP contribution in [-0.2, 0) is 12.8 Å². The van der Waals surface area contributed by atoms with E-state index in [9.17, 15) is 5.11 Å². The summed E-state index contributed by atoms with van der Waals surface area (Å²) in [7, 11) is 0. The smallest absolute Gasteiger partial charge is 0.193 e. The van der Waals surface area contributed by atoms with E-state index in [2.05, 4.69) is 42.4 Å². The highest BCUT2D eigenvalue weighted by Gasteiger charge is 2.14. The SMILES string of the molecule is CC(C)CC(CCO)CN=C(N)Nc1cccc2c1CCCC2.I. The third-order valence-corrected chi connectivity index (χ3v) is 4.52. The van der Waals surface area contributed by atoms with E-state index in [4.69, 9.17) is 5.73 Å². The molecule has 0 saturated carbocycles. The van der Waals surface area contributed by atoms with Crippen molar-refractivity contribution in [2.75, 3.05) is 18.5 Å². The van der Waals surface area contributed by atoms with Gasteiger partial charge in [0.25, 0.3) is 0 Å². The van der Waals surface area contributed by atoms with Gasteiger partial charge in [-0.15, -0.1) is 24.0 Å². The second-order valence-electron chi connectivity index (χ2n) is 7.01. The minimum Gasteiger partial charge on any atom is -0.396 e. The topological polar surface area (TPSA) is 70.6 Å². The number of fused-ring (bicyclic) bond motifs is 1. The monoisotopic (exact) mass is 445 g/mol. The third-order valence-electron chi connectivity index (χ3n) is 4.52. The lowest BCUT2D eigenvalue weighted by molar-refractivity contribution is 0.246. The Bertz CT molecular complexity index is 531. The molecule has 0 fully saturated rings. The van der Waals surface area contributed by atoms with Crippen LogP contribution in [0.15, 0.2) is 23.2 Å². The highest BCUT2D eigenvalue weighted by Crippen LogP contribution is 2.27. The molecular formula is C19H32IN3O. The minimum absolute atomic E-state index is 0. The first-order chi connectivity index (χ1) is 11.1. The fourth-order valence-corrected chi connectivity index (χ4v) is 3.44. The van der Waals surface area contributed by atoms with Crippen molar-refractivity contribution in [2.24, 2.45) is 22.6 Å². The number of halogens is 1. The van der Waals surface area contributed by atoms with E-state index in [0.717, 1.165) is 31.4 Å². The van der Waals surface area contributed by atoms with Crippen LogP contribution in [-0.4, -0.2) is 24.2 Å². The number of aliphatic imine (C=N–C) groups is 1. The second kappa shape index (κ2) is 10.9. The van der Waals surface area contributed by atoms with Gasteiger partial charge < -0.3 is 16.2 Å². The Morgan fingerprint density at radius 2 is 2.04 bits per heavy atom. The van der Waals surface area contributed by atoms with Crippen LogP contribution in [0.1, 0.15) is 50.7 Å².